The fraction of sp³-hybridized carbons (Fsp3) is 0.200. The average molecular weight is 323 g/mol. The number of anilines is 1. The van der Waals surface area contributed by atoms with Gasteiger partial charge in [0.05, 0.1) is 11.5 Å². The Morgan fingerprint density at radius 3 is 2.38 bits per heavy atom. The van der Waals surface area contributed by atoms with Gasteiger partial charge in [-0.3, -0.25) is 4.72 Å². The zero-order valence-corrected chi connectivity index (χ0v) is 13.5. The summed E-state index contributed by atoms with van der Waals surface area (Å²) < 4.78 is 27.2. The van der Waals surface area contributed by atoms with Gasteiger partial charge in [-0.1, -0.05) is 6.07 Å². The molecule has 2 N–H and O–H groups in total. The Morgan fingerprint density at radius 2 is 1.81 bits per heavy atom. The summed E-state index contributed by atoms with van der Waals surface area (Å²) in [6.45, 7) is 1.65. The van der Waals surface area contributed by atoms with Gasteiger partial charge >= 0.3 is 0 Å². The molecular weight excluding hydrogens is 306 g/mol. The molecule has 2 aromatic rings. The first-order valence-corrected chi connectivity index (χ1v) is 9.04. The van der Waals surface area contributed by atoms with Gasteiger partial charge in [0.1, 0.15) is 0 Å². The number of aliphatic hydroxyl groups is 1. The highest BCUT2D eigenvalue weighted by Gasteiger charge is 2.15. The fourth-order valence-electron chi connectivity index (χ4n) is 1.86. The average Bonchev–Trinajstić information content (AvgIpc) is 2.48. The van der Waals surface area contributed by atoms with Gasteiger partial charge in [0.2, 0.25) is 0 Å². The standard InChI is InChI=1S/C15H17NO3S2/c1-11-3-8-15(9-12(11)10-17)21(18,19)16-13-4-6-14(20-2)7-5-13/h3-9,16-17H,10H2,1-2H3. The minimum Gasteiger partial charge on any atom is -0.392 e. The zero-order valence-electron chi connectivity index (χ0n) is 11.8. The lowest BCUT2D eigenvalue weighted by molar-refractivity contribution is 0.281. The molecule has 0 aromatic heterocycles. The summed E-state index contributed by atoms with van der Waals surface area (Å²) in [6.07, 6.45) is 1.96. The number of thioether (sulfide) groups is 1. The molecule has 0 spiro atoms. The van der Waals surface area contributed by atoms with Crippen molar-refractivity contribution in [3.05, 3.63) is 53.6 Å². The van der Waals surface area contributed by atoms with Crippen molar-refractivity contribution in [1.82, 2.24) is 0 Å². The van der Waals surface area contributed by atoms with Gasteiger partial charge in [-0.25, -0.2) is 8.42 Å². The van der Waals surface area contributed by atoms with Crippen molar-refractivity contribution >= 4 is 27.5 Å². The van der Waals surface area contributed by atoms with Crippen molar-refractivity contribution in [3.8, 4) is 0 Å². The van der Waals surface area contributed by atoms with Crippen LogP contribution in [0.5, 0.6) is 0 Å². The van der Waals surface area contributed by atoms with Crippen molar-refractivity contribution in [3.63, 3.8) is 0 Å². The lowest BCUT2D eigenvalue weighted by atomic mass is 10.1. The third kappa shape index (κ3) is 3.78. The quantitative estimate of drug-likeness (QED) is 0.830. The monoisotopic (exact) mass is 323 g/mol. The van der Waals surface area contributed by atoms with Gasteiger partial charge in [-0.15, -0.1) is 11.8 Å². The van der Waals surface area contributed by atoms with Crippen LogP contribution in [-0.4, -0.2) is 19.8 Å². The second-order valence-corrected chi connectivity index (χ2v) is 7.14. The first kappa shape index (κ1) is 15.9. The van der Waals surface area contributed by atoms with E-state index in [0.717, 1.165) is 10.5 Å². The van der Waals surface area contributed by atoms with Gasteiger partial charge in [0, 0.05) is 10.6 Å². The molecule has 0 radical (unpaired) electrons. The number of sulfonamides is 1. The largest absolute Gasteiger partial charge is 0.392 e. The first-order valence-electron chi connectivity index (χ1n) is 6.33. The predicted octanol–water partition coefficient (Wildman–Crippen LogP) is 3.01. The predicted molar refractivity (Wildman–Crippen MR) is 86.1 cm³/mol. The van der Waals surface area contributed by atoms with E-state index in [1.54, 1.807) is 30.0 Å². The van der Waals surface area contributed by atoms with E-state index in [4.69, 9.17) is 0 Å². The molecule has 0 saturated carbocycles. The Labute approximate surface area is 129 Å². The highest BCUT2D eigenvalue weighted by atomic mass is 32.2. The highest BCUT2D eigenvalue weighted by Crippen LogP contribution is 2.21. The smallest absolute Gasteiger partial charge is 0.261 e. The van der Waals surface area contributed by atoms with Gasteiger partial charge in [0.15, 0.2) is 0 Å². The van der Waals surface area contributed by atoms with E-state index in [2.05, 4.69) is 4.72 Å². The van der Waals surface area contributed by atoms with Gasteiger partial charge in [0.25, 0.3) is 10.0 Å². The normalized spacial score (nSPS) is 11.4. The lowest BCUT2D eigenvalue weighted by Gasteiger charge is -2.10. The van der Waals surface area contributed by atoms with Crippen molar-refractivity contribution in [1.29, 1.82) is 0 Å². The molecule has 0 aliphatic rings. The van der Waals surface area contributed by atoms with E-state index in [-0.39, 0.29) is 11.5 Å². The maximum absolute atomic E-state index is 12.3. The van der Waals surface area contributed by atoms with E-state index < -0.39 is 10.0 Å². The molecule has 0 aliphatic heterocycles. The maximum Gasteiger partial charge on any atom is 0.261 e. The number of aryl methyl sites for hydroxylation is 1. The molecule has 0 aliphatic carbocycles. The summed E-state index contributed by atoms with van der Waals surface area (Å²) >= 11 is 1.59. The van der Waals surface area contributed by atoms with Crippen LogP contribution in [0, 0.1) is 6.92 Å². The molecule has 112 valence electrons. The number of benzene rings is 2. The second kappa shape index (κ2) is 6.51. The van der Waals surface area contributed by atoms with E-state index in [1.165, 1.54) is 12.1 Å². The first-order chi connectivity index (χ1) is 9.96. The van der Waals surface area contributed by atoms with Gasteiger partial charge in [-0.05, 0) is 60.7 Å². The molecule has 6 heteroatoms. The van der Waals surface area contributed by atoms with Crippen molar-refractivity contribution in [2.24, 2.45) is 0 Å². The number of aliphatic hydroxyl groups excluding tert-OH is 1. The number of rotatable bonds is 5. The number of hydrogen-bond donors (Lipinski definition) is 2. The topological polar surface area (TPSA) is 66.4 Å². The Bertz CT molecular complexity index is 725. The minimum absolute atomic E-state index is 0.145. The molecule has 21 heavy (non-hydrogen) atoms. The Hall–Kier alpha value is -1.50. The summed E-state index contributed by atoms with van der Waals surface area (Å²) in [5.74, 6) is 0. The molecule has 0 saturated heterocycles. The molecule has 0 bridgehead atoms. The minimum atomic E-state index is -3.65. The summed E-state index contributed by atoms with van der Waals surface area (Å²) in [5, 5.41) is 9.24. The van der Waals surface area contributed by atoms with E-state index in [9.17, 15) is 13.5 Å². The second-order valence-electron chi connectivity index (χ2n) is 4.58. The zero-order chi connectivity index (χ0) is 15.5. The third-order valence-electron chi connectivity index (χ3n) is 3.14. The van der Waals surface area contributed by atoms with Crippen LogP contribution in [0.1, 0.15) is 11.1 Å². The van der Waals surface area contributed by atoms with Crippen LogP contribution in [0.2, 0.25) is 0 Å². The maximum atomic E-state index is 12.3. The summed E-state index contributed by atoms with van der Waals surface area (Å²) in [6, 6.07) is 11.9. The van der Waals surface area contributed by atoms with Gasteiger partial charge in [-0.2, -0.15) is 0 Å². The molecule has 2 rings (SSSR count). The van der Waals surface area contributed by atoms with Crippen LogP contribution in [-0.2, 0) is 16.6 Å². The van der Waals surface area contributed by atoms with Gasteiger partial charge < -0.3 is 5.11 Å². The molecule has 0 fully saturated rings. The van der Waals surface area contributed by atoms with E-state index in [0.29, 0.717) is 11.3 Å². The number of nitrogens with one attached hydrogen (secondary N) is 1. The van der Waals surface area contributed by atoms with E-state index in [1.807, 2.05) is 25.3 Å². The lowest BCUT2D eigenvalue weighted by Crippen LogP contribution is -2.13. The Balaban J connectivity index is 2.29. The molecule has 0 unspecified atom stereocenters. The summed E-state index contributed by atoms with van der Waals surface area (Å²) in [7, 11) is -3.65. The Morgan fingerprint density at radius 1 is 1.14 bits per heavy atom. The Kier molecular flexibility index (Phi) is 4.92. The van der Waals surface area contributed by atoms with E-state index >= 15 is 0 Å². The van der Waals surface area contributed by atoms with Crippen molar-refractivity contribution in [2.75, 3.05) is 11.0 Å². The van der Waals surface area contributed by atoms with Crippen LogP contribution in [0.15, 0.2) is 52.3 Å². The molecule has 0 heterocycles. The van der Waals surface area contributed by atoms with Crippen molar-refractivity contribution in [2.45, 2.75) is 23.3 Å². The molecule has 2 aromatic carbocycles. The van der Waals surface area contributed by atoms with Crippen LogP contribution in [0.25, 0.3) is 0 Å². The van der Waals surface area contributed by atoms with Crippen LogP contribution in [0.4, 0.5) is 5.69 Å². The molecule has 0 atom stereocenters. The SMILES string of the molecule is CSc1ccc(NS(=O)(=O)c2ccc(C)c(CO)c2)cc1. The summed E-state index contributed by atoms with van der Waals surface area (Å²) in [5.41, 5.74) is 1.98. The van der Waals surface area contributed by atoms with Crippen molar-refractivity contribution < 1.29 is 13.5 Å². The molecule has 0 amide bonds. The van der Waals surface area contributed by atoms with Crippen LogP contribution in [0.3, 0.4) is 0 Å². The summed E-state index contributed by atoms with van der Waals surface area (Å²) in [4.78, 5) is 1.21. The molecule has 4 nitrogen and oxygen atoms in total. The number of hydrogen-bond acceptors (Lipinski definition) is 4. The highest BCUT2D eigenvalue weighted by molar-refractivity contribution is 7.98. The third-order valence-corrected chi connectivity index (χ3v) is 5.27. The fourth-order valence-corrected chi connectivity index (χ4v) is 3.38. The van der Waals surface area contributed by atoms with Crippen LogP contribution < -0.4 is 4.72 Å². The van der Waals surface area contributed by atoms with Crippen LogP contribution >= 0.6 is 11.8 Å². The molecular formula is C15H17NO3S2.